The van der Waals surface area contributed by atoms with E-state index in [4.69, 9.17) is 0 Å². The Morgan fingerprint density at radius 1 is 0.650 bits per heavy atom. The first-order valence-electron chi connectivity index (χ1n) is 5.55. The maximum absolute atomic E-state index is 12.5. The number of ketones is 2. The highest BCUT2D eigenvalue weighted by atomic mass is 79.9. The lowest BCUT2D eigenvalue weighted by atomic mass is 9.83. The van der Waals surface area contributed by atoms with Crippen molar-refractivity contribution in [2.75, 3.05) is 0 Å². The highest BCUT2D eigenvalue weighted by Gasteiger charge is 2.36. The first kappa shape index (κ1) is 13.3. The Morgan fingerprint density at radius 3 is 1.35 bits per heavy atom. The second-order valence-electron chi connectivity index (χ2n) is 4.29. The second-order valence-corrected chi connectivity index (χ2v) is 6.00. The average molecular weight is 398 g/mol. The van der Waals surface area contributed by atoms with Crippen LogP contribution in [0.5, 0.6) is 11.5 Å². The van der Waals surface area contributed by atoms with Gasteiger partial charge in [0.05, 0.1) is 22.3 Å². The molecule has 3 rings (SSSR count). The summed E-state index contributed by atoms with van der Waals surface area (Å²) < 4.78 is 0.794. The van der Waals surface area contributed by atoms with Crippen LogP contribution in [0, 0.1) is 0 Å². The number of halogens is 2. The van der Waals surface area contributed by atoms with E-state index in [0.717, 1.165) is 0 Å². The first-order valence-corrected chi connectivity index (χ1v) is 7.14. The van der Waals surface area contributed by atoms with Gasteiger partial charge in [-0.2, -0.15) is 0 Å². The fourth-order valence-electron chi connectivity index (χ4n) is 2.29. The highest BCUT2D eigenvalue weighted by molar-refractivity contribution is 9.10. The highest BCUT2D eigenvalue weighted by Crippen LogP contribution is 2.41. The van der Waals surface area contributed by atoms with E-state index in [2.05, 4.69) is 31.9 Å². The standard InChI is InChI=1S/C14H6Br2O4/c15-5-1-3-7(17)11-9(5)13(19)12-8(18)4-2-6(16)10(12)14(11)20/h1-4,17-18H. The molecule has 0 amide bonds. The molecular formula is C14H6Br2O4. The van der Waals surface area contributed by atoms with Crippen molar-refractivity contribution in [2.45, 2.75) is 0 Å². The Bertz CT molecular complexity index is 667. The lowest BCUT2D eigenvalue weighted by Gasteiger charge is -2.21. The summed E-state index contributed by atoms with van der Waals surface area (Å²) in [5.41, 5.74) is 0.0261. The number of hydrogen-bond donors (Lipinski definition) is 2. The number of carbonyl (C=O) groups is 2. The van der Waals surface area contributed by atoms with Gasteiger partial charge in [-0.05, 0) is 24.3 Å². The topological polar surface area (TPSA) is 74.6 Å². The van der Waals surface area contributed by atoms with Crippen LogP contribution >= 0.6 is 31.9 Å². The Hall–Kier alpha value is -1.66. The van der Waals surface area contributed by atoms with Crippen LogP contribution < -0.4 is 0 Å². The van der Waals surface area contributed by atoms with Gasteiger partial charge in [0.1, 0.15) is 11.5 Å². The van der Waals surface area contributed by atoms with Crippen LogP contribution in [0.2, 0.25) is 0 Å². The Balaban J connectivity index is 2.46. The van der Waals surface area contributed by atoms with E-state index in [9.17, 15) is 19.8 Å². The van der Waals surface area contributed by atoms with Crippen molar-refractivity contribution in [3.8, 4) is 11.5 Å². The number of phenols is 2. The summed E-state index contributed by atoms with van der Waals surface area (Å²) >= 11 is 6.40. The molecule has 0 atom stereocenters. The molecule has 2 N–H and O–H groups in total. The normalized spacial score (nSPS) is 13.1. The van der Waals surface area contributed by atoms with Gasteiger partial charge in [0.2, 0.25) is 0 Å². The quantitative estimate of drug-likeness (QED) is 0.609. The summed E-state index contributed by atoms with van der Waals surface area (Å²) in [4.78, 5) is 25.1. The van der Waals surface area contributed by atoms with E-state index in [1.54, 1.807) is 0 Å². The smallest absolute Gasteiger partial charge is 0.199 e. The van der Waals surface area contributed by atoms with Gasteiger partial charge in [-0.25, -0.2) is 0 Å². The van der Waals surface area contributed by atoms with E-state index in [0.29, 0.717) is 8.95 Å². The van der Waals surface area contributed by atoms with Gasteiger partial charge >= 0.3 is 0 Å². The second kappa shape index (κ2) is 4.43. The maximum Gasteiger partial charge on any atom is 0.199 e. The number of carbonyl (C=O) groups excluding carboxylic acids is 2. The predicted molar refractivity (Wildman–Crippen MR) is 78.5 cm³/mol. The molecular weight excluding hydrogens is 392 g/mol. The summed E-state index contributed by atoms with van der Waals surface area (Å²) in [5.74, 6) is -1.53. The van der Waals surface area contributed by atoms with Crippen molar-refractivity contribution < 1.29 is 19.8 Å². The molecule has 0 heterocycles. The van der Waals surface area contributed by atoms with Crippen molar-refractivity contribution in [3.63, 3.8) is 0 Å². The van der Waals surface area contributed by atoms with E-state index in [1.165, 1.54) is 24.3 Å². The molecule has 0 aromatic heterocycles. The van der Waals surface area contributed by atoms with Crippen molar-refractivity contribution in [2.24, 2.45) is 0 Å². The lowest BCUT2D eigenvalue weighted by Crippen LogP contribution is -2.22. The molecule has 100 valence electrons. The van der Waals surface area contributed by atoms with Crippen LogP contribution in [-0.4, -0.2) is 21.8 Å². The molecule has 0 radical (unpaired) electrons. The molecule has 2 aromatic carbocycles. The van der Waals surface area contributed by atoms with Crippen molar-refractivity contribution in [1.29, 1.82) is 0 Å². The van der Waals surface area contributed by atoms with Gasteiger partial charge in [0, 0.05) is 8.95 Å². The lowest BCUT2D eigenvalue weighted by molar-refractivity contribution is 0.0973. The molecule has 6 heteroatoms. The zero-order valence-electron chi connectivity index (χ0n) is 9.78. The molecule has 0 saturated heterocycles. The van der Waals surface area contributed by atoms with Crippen molar-refractivity contribution >= 4 is 43.4 Å². The molecule has 4 nitrogen and oxygen atoms in total. The van der Waals surface area contributed by atoms with Crippen LogP contribution in [0.25, 0.3) is 0 Å². The molecule has 0 aliphatic heterocycles. The molecule has 0 fully saturated rings. The number of fused-ring (bicyclic) bond motifs is 2. The summed E-state index contributed by atoms with van der Waals surface area (Å²) in [6, 6.07) is 5.66. The van der Waals surface area contributed by atoms with E-state index in [1.807, 2.05) is 0 Å². The van der Waals surface area contributed by atoms with E-state index < -0.39 is 11.6 Å². The number of aromatic hydroxyl groups is 2. The molecule has 1 aliphatic rings. The van der Waals surface area contributed by atoms with Gasteiger partial charge in [-0.3, -0.25) is 9.59 Å². The van der Waals surface area contributed by atoms with Gasteiger partial charge in [0.25, 0.3) is 0 Å². The summed E-state index contributed by atoms with van der Waals surface area (Å²) in [7, 11) is 0. The van der Waals surface area contributed by atoms with E-state index >= 15 is 0 Å². The third-order valence-corrected chi connectivity index (χ3v) is 4.49. The zero-order chi connectivity index (χ0) is 14.6. The van der Waals surface area contributed by atoms with E-state index in [-0.39, 0.29) is 33.8 Å². The molecule has 20 heavy (non-hydrogen) atoms. The van der Waals surface area contributed by atoms with Crippen LogP contribution in [-0.2, 0) is 0 Å². The van der Waals surface area contributed by atoms with Gasteiger partial charge < -0.3 is 10.2 Å². The summed E-state index contributed by atoms with van der Waals surface area (Å²) in [5, 5.41) is 19.8. The molecule has 1 aliphatic carbocycles. The van der Waals surface area contributed by atoms with Crippen molar-refractivity contribution in [1.82, 2.24) is 0 Å². The average Bonchev–Trinajstić information content (AvgIpc) is 2.41. The number of hydrogen-bond acceptors (Lipinski definition) is 4. The van der Waals surface area contributed by atoms with Gasteiger partial charge in [0.15, 0.2) is 11.6 Å². The zero-order valence-corrected chi connectivity index (χ0v) is 12.9. The minimum absolute atomic E-state index is 0.0526. The predicted octanol–water partition coefficient (Wildman–Crippen LogP) is 3.40. The number of rotatable bonds is 0. The largest absolute Gasteiger partial charge is 0.507 e. The van der Waals surface area contributed by atoms with Crippen LogP contribution in [0.4, 0.5) is 0 Å². The number of benzene rings is 2. The molecule has 2 aromatic rings. The fourth-order valence-corrected chi connectivity index (χ4v) is 3.31. The van der Waals surface area contributed by atoms with Crippen molar-refractivity contribution in [3.05, 3.63) is 55.5 Å². The molecule has 0 unspecified atom stereocenters. The fraction of sp³-hybridized carbons (Fsp3) is 0. The molecule has 0 spiro atoms. The minimum Gasteiger partial charge on any atom is -0.507 e. The molecule has 0 bridgehead atoms. The maximum atomic E-state index is 12.5. The molecule has 0 saturated carbocycles. The van der Waals surface area contributed by atoms with Crippen LogP contribution in [0.3, 0.4) is 0 Å². The first-order chi connectivity index (χ1) is 9.43. The third-order valence-electron chi connectivity index (χ3n) is 3.17. The third kappa shape index (κ3) is 1.65. The van der Waals surface area contributed by atoms with Gasteiger partial charge in [-0.1, -0.05) is 31.9 Å². The minimum atomic E-state index is -0.504. The monoisotopic (exact) mass is 396 g/mol. The Labute approximate surface area is 130 Å². The Morgan fingerprint density at radius 2 is 1.00 bits per heavy atom. The van der Waals surface area contributed by atoms with Crippen LogP contribution in [0.15, 0.2) is 33.2 Å². The number of phenolic OH excluding ortho intramolecular Hbond substituents is 2. The summed E-state index contributed by atoms with van der Waals surface area (Å²) in [6.07, 6.45) is 0. The van der Waals surface area contributed by atoms with Crippen LogP contribution in [0.1, 0.15) is 31.8 Å². The summed E-state index contributed by atoms with van der Waals surface area (Å²) in [6.45, 7) is 0. The van der Waals surface area contributed by atoms with Gasteiger partial charge in [-0.15, -0.1) is 0 Å². The SMILES string of the molecule is O=C1c2c(O)ccc(Br)c2C(=O)c2c(O)ccc(Br)c21. The Kier molecular flexibility index (Phi) is 2.95.